The van der Waals surface area contributed by atoms with Gasteiger partial charge >= 0.3 is 0 Å². The predicted molar refractivity (Wildman–Crippen MR) is 58.3 cm³/mol. The molecule has 1 N–H and O–H groups in total. The van der Waals surface area contributed by atoms with Crippen molar-refractivity contribution in [2.75, 3.05) is 19.8 Å². The van der Waals surface area contributed by atoms with Gasteiger partial charge in [-0.1, -0.05) is 13.8 Å². The van der Waals surface area contributed by atoms with Gasteiger partial charge < -0.3 is 10.1 Å². The second kappa shape index (κ2) is 4.19. The number of nitrogens with one attached hydrogen (secondary N) is 1. The Morgan fingerprint density at radius 1 is 1.36 bits per heavy atom. The van der Waals surface area contributed by atoms with Gasteiger partial charge in [0.15, 0.2) is 0 Å². The van der Waals surface area contributed by atoms with Gasteiger partial charge in [0.2, 0.25) is 0 Å². The van der Waals surface area contributed by atoms with Gasteiger partial charge in [-0.15, -0.1) is 0 Å². The highest BCUT2D eigenvalue weighted by molar-refractivity contribution is 5.03. The van der Waals surface area contributed by atoms with Crippen LogP contribution in [0.15, 0.2) is 0 Å². The fraction of sp³-hybridized carbons (Fsp3) is 1.00. The molecule has 2 atom stereocenters. The van der Waals surface area contributed by atoms with Crippen LogP contribution in [-0.4, -0.2) is 25.8 Å². The van der Waals surface area contributed by atoms with E-state index in [1.807, 2.05) is 0 Å². The molecule has 0 amide bonds. The largest absolute Gasteiger partial charge is 0.381 e. The summed E-state index contributed by atoms with van der Waals surface area (Å²) < 4.78 is 5.52. The molecule has 0 bridgehead atoms. The zero-order valence-corrected chi connectivity index (χ0v) is 9.51. The Kier molecular flexibility index (Phi) is 3.13. The molecule has 1 aliphatic carbocycles. The summed E-state index contributed by atoms with van der Waals surface area (Å²) in [5.41, 5.74) is 0.679. The Hall–Kier alpha value is -0.0800. The average molecular weight is 197 g/mol. The van der Waals surface area contributed by atoms with Crippen LogP contribution in [0.3, 0.4) is 0 Å². The van der Waals surface area contributed by atoms with Crippen molar-refractivity contribution >= 4 is 0 Å². The highest BCUT2D eigenvalue weighted by Gasteiger charge is 2.52. The Balaban J connectivity index is 1.76. The number of hydrogen-bond donors (Lipinski definition) is 1. The van der Waals surface area contributed by atoms with Crippen LogP contribution in [0.4, 0.5) is 0 Å². The Labute approximate surface area is 87.4 Å². The van der Waals surface area contributed by atoms with Crippen LogP contribution in [-0.2, 0) is 4.74 Å². The molecular weight excluding hydrogens is 174 g/mol. The van der Waals surface area contributed by atoms with E-state index < -0.39 is 0 Å². The lowest BCUT2D eigenvalue weighted by Gasteiger charge is -2.14. The van der Waals surface area contributed by atoms with Crippen molar-refractivity contribution in [1.29, 1.82) is 0 Å². The first kappa shape index (κ1) is 10.4. The van der Waals surface area contributed by atoms with Crippen LogP contribution in [0.2, 0.25) is 0 Å². The first-order valence-corrected chi connectivity index (χ1v) is 6.04. The second-order valence-corrected chi connectivity index (χ2v) is 5.29. The van der Waals surface area contributed by atoms with E-state index in [1.165, 1.54) is 32.2 Å². The van der Waals surface area contributed by atoms with Gasteiger partial charge in [-0.3, -0.25) is 0 Å². The molecule has 1 aliphatic heterocycles. The molecule has 2 rings (SSSR count). The molecule has 2 unspecified atom stereocenters. The van der Waals surface area contributed by atoms with E-state index in [0.717, 1.165) is 19.1 Å². The molecule has 2 heteroatoms. The highest BCUT2D eigenvalue weighted by Crippen LogP contribution is 2.58. The third-order valence-electron chi connectivity index (χ3n) is 3.84. The van der Waals surface area contributed by atoms with Crippen molar-refractivity contribution in [2.45, 2.75) is 45.6 Å². The van der Waals surface area contributed by atoms with Crippen LogP contribution >= 0.6 is 0 Å². The normalized spacial score (nSPS) is 37.5. The van der Waals surface area contributed by atoms with Crippen molar-refractivity contribution in [2.24, 2.45) is 11.3 Å². The molecule has 2 fully saturated rings. The van der Waals surface area contributed by atoms with Gasteiger partial charge in [0.1, 0.15) is 0 Å². The van der Waals surface area contributed by atoms with Crippen molar-refractivity contribution < 1.29 is 4.74 Å². The van der Waals surface area contributed by atoms with Gasteiger partial charge in [0.05, 0.1) is 0 Å². The van der Waals surface area contributed by atoms with E-state index in [1.54, 1.807) is 0 Å². The maximum atomic E-state index is 5.52. The van der Waals surface area contributed by atoms with Crippen LogP contribution in [0.5, 0.6) is 0 Å². The molecule has 2 nitrogen and oxygen atoms in total. The SMILES string of the molecule is CC(C)NCC1CC12CCCOCC2. The first-order chi connectivity index (χ1) is 6.73. The molecule has 1 saturated carbocycles. The second-order valence-electron chi connectivity index (χ2n) is 5.29. The zero-order chi connectivity index (χ0) is 10.0. The lowest BCUT2D eigenvalue weighted by molar-refractivity contribution is 0.139. The molecule has 2 aliphatic rings. The zero-order valence-electron chi connectivity index (χ0n) is 9.51. The molecule has 0 radical (unpaired) electrons. The van der Waals surface area contributed by atoms with E-state index in [2.05, 4.69) is 19.2 Å². The van der Waals surface area contributed by atoms with Gasteiger partial charge in [0, 0.05) is 19.3 Å². The van der Waals surface area contributed by atoms with Crippen LogP contribution in [0.1, 0.15) is 39.5 Å². The smallest absolute Gasteiger partial charge is 0.0471 e. The Bertz CT molecular complexity index is 183. The van der Waals surface area contributed by atoms with Gasteiger partial charge in [-0.05, 0) is 43.6 Å². The minimum Gasteiger partial charge on any atom is -0.381 e. The van der Waals surface area contributed by atoms with Crippen molar-refractivity contribution in [3.63, 3.8) is 0 Å². The third-order valence-corrected chi connectivity index (χ3v) is 3.84. The molecule has 1 saturated heterocycles. The summed E-state index contributed by atoms with van der Waals surface area (Å²) in [4.78, 5) is 0. The highest BCUT2D eigenvalue weighted by atomic mass is 16.5. The molecular formula is C12H23NO. The molecule has 0 aromatic rings. The minimum absolute atomic E-state index is 0.634. The monoisotopic (exact) mass is 197 g/mol. The third kappa shape index (κ3) is 2.29. The minimum atomic E-state index is 0.634. The van der Waals surface area contributed by atoms with E-state index in [0.29, 0.717) is 11.5 Å². The van der Waals surface area contributed by atoms with Crippen molar-refractivity contribution in [3.05, 3.63) is 0 Å². The summed E-state index contributed by atoms with van der Waals surface area (Å²) in [5, 5.41) is 3.56. The van der Waals surface area contributed by atoms with Crippen molar-refractivity contribution in [1.82, 2.24) is 5.32 Å². The summed E-state index contributed by atoms with van der Waals surface area (Å²) in [6.07, 6.45) is 5.42. The molecule has 14 heavy (non-hydrogen) atoms. The van der Waals surface area contributed by atoms with E-state index in [4.69, 9.17) is 4.74 Å². The predicted octanol–water partition coefficient (Wildman–Crippen LogP) is 2.19. The molecule has 0 aromatic heterocycles. The first-order valence-electron chi connectivity index (χ1n) is 6.04. The summed E-state index contributed by atoms with van der Waals surface area (Å²) in [5.74, 6) is 0.937. The van der Waals surface area contributed by atoms with Gasteiger partial charge in [-0.2, -0.15) is 0 Å². The summed E-state index contributed by atoms with van der Waals surface area (Å²) in [6, 6.07) is 0.634. The van der Waals surface area contributed by atoms with Gasteiger partial charge in [-0.25, -0.2) is 0 Å². The number of rotatable bonds is 3. The standard InChI is InChI=1S/C12H23NO/c1-10(2)13-9-11-8-12(11)4-3-6-14-7-5-12/h10-11,13H,3-9H2,1-2H3. The Morgan fingerprint density at radius 2 is 2.21 bits per heavy atom. The molecule has 1 heterocycles. The maximum absolute atomic E-state index is 5.52. The quantitative estimate of drug-likeness (QED) is 0.749. The molecule has 0 aromatic carbocycles. The van der Waals surface area contributed by atoms with E-state index in [9.17, 15) is 0 Å². The number of ether oxygens (including phenoxy) is 1. The lowest BCUT2D eigenvalue weighted by Crippen LogP contribution is -2.26. The van der Waals surface area contributed by atoms with Crippen LogP contribution < -0.4 is 5.32 Å². The lowest BCUT2D eigenvalue weighted by atomic mass is 9.94. The molecule has 1 spiro atoms. The van der Waals surface area contributed by atoms with Crippen LogP contribution in [0.25, 0.3) is 0 Å². The van der Waals surface area contributed by atoms with E-state index in [-0.39, 0.29) is 0 Å². The van der Waals surface area contributed by atoms with Crippen molar-refractivity contribution in [3.8, 4) is 0 Å². The summed E-state index contributed by atoms with van der Waals surface area (Å²) >= 11 is 0. The van der Waals surface area contributed by atoms with Crippen LogP contribution in [0, 0.1) is 11.3 Å². The summed E-state index contributed by atoms with van der Waals surface area (Å²) in [7, 11) is 0. The average Bonchev–Trinajstić information content (AvgIpc) is 2.88. The molecule has 82 valence electrons. The fourth-order valence-corrected chi connectivity index (χ4v) is 2.74. The number of hydrogen-bond acceptors (Lipinski definition) is 2. The maximum Gasteiger partial charge on any atom is 0.0471 e. The summed E-state index contributed by atoms with van der Waals surface area (Å²) in [6.45, 7) is 7.67. The Morgan fingerprint density at radius 3 is 3.00 bits per heavy atom. The topological polar surface area (TPSA) is 21.3 Å². The fourth-order valence-electron chi connectivity index (χ4n) is 2.74. The van der Waals surface area contributed by atoms with Gasteiger partial charge in [0.25, 0.3) is 0 Å². The van der Waals surface area contributed by atoms with E-state index >= 15 is 0 Å².